The summed E-state index contributed by atoms with van der Waals surface area (Å²) < 4.78 is 15.7. The van der Waals surface area contributed by atoms with Crippen molar-refractivity contribution in [3.8, 4) is 11.5 Å². The van der Waals surface area contributed by atoms with Crippen molar-refractivity contribution in [3.63, 3.8) is 0 Å². The predicted octanol–water partition coefficient (Wildman–Crippen LogP) is 2.79. The Labute approximate surface area is 119 Å². The van der Waals surface area contributed by atoms with Crippen molar-refractivity contribution in [3.05, 3.63) is 29.3 Å². The molecular weight excluding hydrogens is 280 g/mol. The van der Waals surface area contributed by atoms with Crippen LogP contribution in [0.5, 0.6) is 11.5 Å². The molecule has 0 radical (unpaired) electrons. The number of hydrogen-bond donors (Lipinski definition) is 1. The molecule has 0 aliphatic carbocycles. The van der Waals surface area contributed by atoms with Crippen LogP contribution in [-0.4, -0.2) is 24.4 Å². The van der Waals surface area contributed by atoms with E-state index in [0.29, 0.717) is 34.5 Å². The van der Waals surface area contributed by atoms with E-state index < -0.39 is 5.97 Å². The first-order valence-electron chi connectivity index (χ1n) is 6.06. The quantitative estimate of drug-likeness (QED) is 0.874. The number of nitrogens with zero attached hydrogens (tertiary/aromatic N) is 1. The van der Waals surface area contributed by atoms with Gasteiger partial charge >= 0.3 is 5.97 Å². The van der Waals surface area contributed by atoms with Crippen LogP contribution in [0.15, 0.2) is 23.7 Å². The smallest absolute Gasteiger partial charge is 0.344 e. The van der Waals surface area contributed by atoms with E-state index in [9.17, 15) is 4.79 Å². The number of anilines is 2. The monoisotopic (exact) mass is 292 g/mol. The summed E-state index contributed by atoms with van der Waals surface area (Å²) in [5.74, 6) is 0.497. The molecule has 6 nitrogen and oxygen atoms in total. The summed E-state index contributed by atoms with van der Waals surface area (Å²) in [4.78, 5) is 16.3. The minimum Gasteiger partial charge on any atom is -0.462 e. The minimum atomic E-state index is -0.450. The van der Waals surface area contributed by atoms with Gasteiger partial charge in [-0.1, -0.05) is 0 Å². The summed E-state index contributed by atoms with van der Waals surface area (Å²) in [5.41, 5.74) is 0.916. The van der Waals surface area contributed by atoms with Gasteiger partial charge in [-0.25, -0.2) is 9.78 Å². The zero-order chi connectivity index (χ0) is 13.9. The second-order valence-electron chi connectivity index (χ2n) is 3.90. The lowest BCUT2D eigenvalue weighted by Gasteiger charge is -2.11. The van der Waals surface area contributed by atoms with Crippen LogP contribution >= 0.6 is 11.3 Å². The van der Waals surface area contributed by atoms with Gasteiger partial charge in [-0.3, -0.25) is 0 Å². The van der Waals surface area contributed by atoms with Gasteiger partial charge in [0.15, 0.2) is 16.6 Å². The number of hydrogen-bond acceptors (Lipinski definition) is 7. The van der Waals surface area contributed by atoms with Gasteiger partial charge in [0.05, 0.1) is 12.3 Å². The van der Waals surface area contributed by atoms with Gasteiger partial charge in [0.1, 0.15) is 5.56 Å². The molecule has 1 aromatic heterocycles. The fourth-order valence-corrected chi connectivity index (χ4v) is 2.42. The van der Waals surface area contributed by atoms with E-state index >= 15 is 0 Å². The van der Waals surface area contributed by atoms with E-state index in [0.717, 1.165) is 0 Å². The third kappa shape index (κ3) is 2.27. The molecule has 7 heteroatoms. The molecule has 1 aliphatic heterocycles. The summed E-state index contributed by atoms with van der Waals surface area (Å²) in [7, 11) is 0. The zero-order valence-corrected chi connectivity index (χ0v) is 11.5. The van der Waals surface area contributed by atoms with E-state index in [1.165, 1.54) is 11.3 Å². The molecule has 0 atom stereocenters. The van der Waals surface area contributed by atoms with Crippen molar-refractivity contribution in [1.29, 1.82) is 0 Å². The average Bonchev–Trinajstić information content (AvgIpc) is 3.09. The second-order valence-corrected chi connectivity index (χ2v) is 4.80. The first-order valence-corrected chi connectivity index (χ1v) is 6.93. The number of fused-ring (bicyclic) bond motifs is 1. The SMILES string of the molecule is CCOC(=O)c1c(Nc2nccs2)ccc2c1OCO2. The third-order valence-electron chi connectivity index (χ3n) is 2.69. The van der Waals surface area contributed by atoms with Crippen molar-refractivity contribution in [2.45, 2.75) is 6.92 Å². The highest BCUT2D eigenvalue weighted by Gasteiger charge is 2.27. The van der Waals surface area contributed by atoms with E-state index in [4.69, 9.17) is 14.2 Å². The first-order chi connectivity index (χ1) is 9.79. The molecule has 0 bridgehead atoms. The molecule has 0 saturated carbocycles. The number of esters is 1. The summed E-state index contributed by atoms with van der Waals surface area (Å²) in [6.07, 6.45) is 1.68. The highest BCUT2D eigenvalue weighted by atomic mass is 32.1. The topological polar surface area (TPSA) is 69.7 Å². The van der Waals surface area contributed by atoms with E-state index in [1.807, 2.05) is 5.38 Å². The van der Waals surface area contributed by atoms with Gasteiger partial charge in [-0.05, 0) is 19.1 Å². The molecule has 0 saturated heterocycles. The van der Waals surface area contributed by atoms with Crippen LogP contribution in [-0.2, 0) is 4.74 Å². The number of aromatic nitrogens is 1. The van der Waals surface area contributed by atoms with Crippen molar-refractivity contribution >= 4 is 28.1 Å². The van der Waals surface area contributed by atoms with Crippen LogP contribution in [0.3, 0.4) is 0 Å². The molecule has 1 aliphatic rings. The van der Waals surface area contributed by atoms with Gasteiger partial charge in [0, 0.05) is 11.6 Å². The fourth-order valence-electron chi connectivity index (χ4n) is 1.88. The Morgan fingerprint density at radius 2 is 2.40 bits per heavy atom. The molecule has 0 fully saturated rings. The molecule has 3 rings (SSSR count). The molecule has 1 N–H and O–H groups in total. The number of nitrogens with one attached hydrogen (secondary N) is 1. The molecule has 2 aromatic rings. The van der Waals surface area contributed by atoms with E-state index in [-0.39, 0.29) is 6.79 Å². The Kier molecular flexibility index (Phi) is 3.42. The van der Waals surface area contributed by atoms with Crippen LogP contribution in [0.4, 0.5) is 10.8 Å². The van der Waals surface area contributed by atoms with Crippen molar-refractivity contribution < 1.29 is 19.0 Å². The van der Waals surface area contributed by atoms with Crippen LogP contribution in [0.1, 0.15) is 17.3 Å². The minimum absolute atomic E-state index is 0.0996. The second kappa shape index (κ2) is 5.38. The van der Waals surface area contributed by atoms with Crippen LogP contribution in [0.2, 0.25) is 0 Å². The Hall–Kier alpha value is -2.28. The largest absolute Gasteiger partial charge is 0.462 e. The molecule has 20 heavy (non-hydrogen) atoms. The lowest BCUT2D eigenvalue weighted by atomic mass is 10.1. The maximum atomic E-state index is 12.1. The van der Waals surface area contributed by atoms with Gasteiger partial charge in [0.2, 0.25) is 6.79 Å². The third-order valence-corrected chi connectivity index (χ3v) is 3.38. The number of carbonyl (C=O) groups is 1. The average molecular weight is 292 g/mol. The number of thiazole rings is 1. The number of rotatable bonds is 4. The number of carbonyl (C=O) groups excluding carboxylic acids is 1. The number of ether oxygens (including phenoxy) is 3. The summed E-state index contributed by atoms with van der Waals surface area (Å²) in [5, 5.41) is 5.63. The summed E-state index contributed by atoms with van der Waals surface area (Å²) in [6, 6.07) is 3.50. The highest BCUT2D eigenvalue weighted by Crippen LogP contribution is 2.41. The van der Waals surface area contributed by atoms with Crippen LogP contribution in [0.25, 0.3) is 0 Å². The molecule has 1 aromatic carbocycles. The Balaban J connectivity index is 2.02. The standard InChI is InChI=1S/C13H12N2O4S/c1-2-17-12(16)10-8(15-13-14-5-6-20-13)3-4-9-11(10)19-7-18-9/h3-6H,2,7H2,1H3,(H,14,15). The summed E-state index contributed by atoms with van der Waals surface area (Å²) >= 11 is 1.44. The van der Waals surface area contributed by atoms with E-state index in [2.05, 4.69) is 10.3 Å². The maximum Gasteiger partial charge on any atom is 0.344 e. The van der Waals surface area contributed by atoms with Crippen LogP contribution in [0, 0.1) is 0 Å². The Morgan fingerprint density at radius 1 is 1.50 bits per heavy atom. The highest BCUT2D eigenvalue weighted by molar-refractivity contribution is 7.13. The predicted molar refractivity (Wildman–Crippen MR) is 73.9 cm³/mol. The van der Waals surface area contributed by atoms with Gasteiger partial charge in [-0.15, -0.1) is 11.3 Å². The van der Waals surface area contributed by atoms with Gasteiger partial charge in [-0.2, -0.15) is 0 Å². The lowest BCUT2D eigenvalue weighted by molar-refractivity contribution is 0.0523. The molecule has 104 valence electrons. The Morgan fingerprint density at radius 3 is 3.15 bits per heavy atom. The molecule has 0 amide bonds. The first kappa shape index (κ1) is 12.7. The van der Waals surface area contributed by atoms with Crippen LogP contribution < -0.4 is 14.8 Å². The maximum absolute atomic E-state index is 12.1. The molecule has 0 unspecified atom stereocenters. The summed E-state index contributed by atoms with van der Waals surface area (Å²) in [6.45, 7) is 2.15. The normalized spacial score (nSPS) is 12.2. The lowest BCUT2D eigenvalue weighted by Crippen LogP contribution is -2.09. The van der Waals surface area contributed by atoms with E-state index in [1.54, 1.807) is 25.3 Å². The molecular formula is C13H12N2O4S. The van der Waals surface area contributed by atoms with Crippen molar-refractivity contribution in [1.82, 2.24) is 4.98 Å². The van der Waals surface area contributed by atoms with Crippen molar-refractivity contribution in [2.75, 3.05) is 18.7 Å². The molecule has 0 spiro atoms. The zero-order valence-electron chi connectivity index (χ0n) is 10.7. The van der Waals surface area contributed by atoms with Gasteiger partial charge in [0.25, 0.3) is 0 Å². The van der Waals surface area contributed by atoms with Crippen molar-refractivity contribution in [2.24, 2.45) is 0 Å². The molecule has 2 heterocycles. The van der Waals surface area contributed by atoms with Gasteiger partial charge < -0.3 is 19.5 Å². The Bertz CT molecular complexity index is 628. The number of benzene rings is 1. The fraction of sp³-hybridized carbons (Fsp3) is 0.231.